The second kappa shape index (κ2) is 10.6. The molecule has 2 aliphatic rings. The molecule has 0 bridgehead atoms. The van der Waals surface area contributed by atoms with Gasteiger partial charge in [0.2, 0.25) is 5.91 Å². The molecule has 5 rings (SSSR count). The summed E-state index contributed by atoms with van der Waals surface area (Å²) in [7, 11) is 0. The molecule has 202 valence electrons. The van der Waals surface area contributed by atoms with Gasteiger partial charge in [-0.05, 0) is 58.6 Å². The van der Waals surface area contributed by atoms with E-state index in [9.17, 15) is 14.4 Å². The molecule has 1 aliphatic heterocycles. The fraction of sp³-hybridized carbons (Fsp3) is 0.367. The predicted octanol–water partition coefficient (Wildman–Crippen LogP) is 4.44. The molecule has 1 saturated heterocycles. The summed E-state index contributed by atoms with van der Waals surface area (Å²) in [5.41, 5.74) is 0.588. The number of amides is 3. The first-order valence-corrected chi connectivity index (χ1v) is 13.3. The zero-order valence-electron chi connectivity index (χ0n) is 22.3. The summed E-state index contributed by atoms with van der Waals surface area (Å²) in [6.07, 6.45) is 5.68. The fourth-order valence-electron chi connectivity index (χ4n) is 5.17. The Hall–Kier alpha value is -4.14. The van der Waals surface area contributed by atoms with Crippen molar-refractivity contribution in [2.75, 3.05) is 0 Å². The Bertz CT molecular complexity index is 1380. The number of carbonyl (C=O) groups excluding carboxylic acids is 3. The van der Waals surface area contributed by atoms with Gasteiger partial charge in [-0.1, -0.05) is 36.4 Å². The molecule has 2 heterocycles. The minimum Gasteiger partial charge on any atom is -0.347 e. The first-order chi connectivity index (χ1) is 18.7. The number of nitrogens with one attached hydrogen (secondary N) is 2. The minimum atomic E-state index is -1.06. The van der Waals surface area contributed by atoms with Crippen LogP contribution in [0.5, 0.6) is 0 Å². The van der Waals surface area contributed by atoms with E-state index in [1.807, 2.05) is 44.2 Å². The highest BCUT2D eigenvalue weighted by molar-refractivity contribution is 6.00. The first kappa shape index (κ1) is 26.5. The molecular weight excluding hydrogens is 497 g/mol. The molecule has 0 radical (unpaired) electrons. The Morgan fingerprint density at radius 2 is 1.62 bits per heavy atom. The van der Waals surface area contributed by atoms with Crippen molar-refractivity contribution >= 4 is 17.7 Å². The van der Waals surface area contributed by atoms with E-state index < -0.39 is 23.3 Å². The molecule has 0 unspecified atom stereocenters. The van der Waals surface area contributed by atoms with Crippen molar-refractivity contribution in [2.45, 2.75) is 70.1 Å². The highest BCUT2D eigenvalue weighted by atomic mass is 19.1. The Morgan fingerprint density at radius 3 is 2.21 bits per heavy atom. The van der Waals surface area contributed by atoms with Crippen LogP contribution in [0.1, 0.15) is 78.8 Å². The van der Waals surface area contributed by atoms with Crippen LogP contribution < -0.4 is 10.6 Å². The van der Waals surface area contributed by atoms with E-state index >= 15 is 4.39 Å². The van der Waals surface area contributed by atoms with Crippen LogP contribution in [0.25, 0.3) is 11.4 Å². The molecule has 2 fully saturated rings. The molecule has 3 amide bonds. The number of carbonyl (C=O) groups is 3. The standard InChI is InChI=1S/C30H32FN5O3/c1-18-9-10-19(2)36(18)28(38)22-11-12-24(25(31)15-22)20(3)34-29(39)30(13-14-30)35-27(37)23-16-32-26(33-17-23)21-7-5-4-6-8-21/h4-8,11-12,15-20H,9-10,13-14H2,1-3H3,(H,34,39)(H,35,37)/t18-,19+,20-/m1/s1. The molecule has 9 heteroatoms. The van der Waals surface area contributed by atoms with Gasteiger partial charge in [-0.2, -0.15) is 0 Å². The van der Waals surface area contributed by atoms with Crippen molar-refractivity contribution in [3.8, 4) is 11.4 Å². The summed E-state index contributed by atoms with van der Waals surface area (Å²) >= 11 is 0. The van der Waals surface area contributed by atoms with E-state index in [-0.39, 0.29) is 35.0 Å². The highest BCUT2D eigenvalue weighted by Crippen LogP contribution is 2.37. The van der Waals surface area contributed by atoms with E-state index in [1.165, 1.54) is 18.5 Å². The van der Waals surface area contributed by atoms with E-state index in [2.05, 4.69) is 20.6 Å². The number of benzene rings is 2. The lowest BCUT2D eigenvalue weighted by Crippen LogP contribution is -2.49. The maximum absolute atomic E-state index is 15.1. The summed E-state index contributed by atoms with van der Waals surface area (Å²) in [4.78, 5) is 49.3. The normalized spacial score (nSPS) is 20.3. The second-order valence-electron chi connectivity index (χ2n) is 10.6. The van der Waals surface area contributed by atoms with Gasteiger partial charge in [-0.3, -0.25) is 14.4 Å². The third-order valence-corrected chi connectivity index (χ3v) is 7.73. The van der Waals surface area contributed by atoms with Gasteiger partial charge in [-0.15, -0.1) is 0 Å². The third-order valence-electron chi connectivity index (χ3n) is 7.73. The first-order valence-electron chi connectivity index (χ1n) is 13.3. The van der Waals surface area contributed by atoms with Crippen LogP contribution in [0.2, 0.25) is 0 Å². The van der Waals surface area contributed by atoms with Crippen LogP contribution in [0, 0.1) is 5.82 Å². The molecule has 39 heavy (non-hydrogen) atoms. The SMILES string of the molecule is C[C@@H]1CC[C@H](C)N1C(=O)c1ccc([C@@H](C)NC(=O)C2(NC(=O)c3cnc(-c4ccccc4)nc3)CC2)c(F)c1. The number of nitrogens with zero attached hydrogens (tertiary/aromatic N) is 3. The molecular formula is C30H32FN5O3. The average Bonchev–Trinajstić information content (AvgIpc) is 3.65. The van der Waals surface area contributed by atoms with Crippen molar-refractivity contribution in [3.63, 3.8) is 0 Å². The van der Waals surface area contributed by atoms with Crippen LogP contribution in [0.4, 0.5) is 4.39 Å². The molecule has 1 saturated carbocycles. The lowest BCUT2D eigenvalue weighted by Gasteiger charge is -2.26. The topological polar surface area (TPSA) is 104 Å². The molecule has 1 aliphatic carbocycles. The van der Waals surface area contributed by atoms with Gasteiger partial charge in [0.15, 0.2) is 5.82 Å². The highest BCUT2D eigenvalue weighted by Gasteiger charge is 2.51. The van der Waals surface area contributed by atoms with Gasteiger partial charge < -0.3 is 15.5 Å². The molecule has 2 N–H and O–H groups in total. The van der Waals surface area contributed by atoms with Gasteiger partial charge in [0.1, 0.15) is 11.4 Å². The van der Waals surface area contributed by atoms with Crippen molar-refractivity contribution in [2.24, 2.45) is 0 Å². The maximum Gasteiger partial charge on any atom is 0.255 e. The zero-order valence-corrected chi connectivity index (χ0v) is 22.3. The van der Waals surface area contributed by atoms with Crippen molar-refractivity contribution in [3.05, 3.63) is 83.4 Å². The van der Waals surface area contributed by atoms with E-state index in [0.29, 0.717) is 24.2 Å². The second-order valence-corrected chi connectivity index (χ2v) is 10.6. The van der Waals surface area contributed by atoms with Crippen molar-refractivity contribution in [1.29, 1.82) is 0 Å². The molecule has 1 aromatic heterocycles. The quantitative estimate of drug-likeness (QED) is 0.471. The summed E-state index contributed by atoms with van der Waals surface area (Å²) in [6, 6.07) is 13.4. The Balaban J connectivity index is 1.22. The molecule has 8 nitrogen and oxygen atoms in total. The van der Waals surface area contributed by atoms with Crippen LogP contribution in [-0.4, -0.2) is 50.2 Å². The largest absolute Gasteiger partial charge is 0.347 e. The smallest absolute Gasteiger partial charge is 0.255 e. The summed E-state index contributed by atoms with van der Waals surface area (Å²) in [5, 5.41) is 5.63. The lowest BCUT2D eigenvalue weighted by atomic mass is 10.0. The van der Waals surface area contributed by atoms with Crippen molar-refractivity contribution in [1.82, 2.24) is 25.5 Å². The number of halogens is 1. The van der Waals surface area contributed by atoms with Gasteiger partial charge >= 0.3 is 0 Å². The molecule has 3 aromatic rings. The van der Waals surface area contributed by atoms with Crippen LogP contribution >= 0.6 is 0 Å². The molecule has 0 spiro atoms. The van der Waals surface area contributed by atoms with Gasteiger partial charge in [0.25, 0.3) is 11.8 Å². The van der Waals surface area contributed by atoms with Gasteiger partial charge in [-0.25, -0.2) is 14.4 Å². The Labute approximate surface area is 227 Å². The predicted molar refractivity (Wildman–Crippen MR) is 144 cm³/mol. The van der Waals surface area contributed by atoms with Crippen molar-refractivity contribution < 1.29 is 18.8 Å². The van der Waals surface area contributed by atoms with Crippen LogP contribution in [0.3, 0.4) is 0 Å². The number of hydrogen-bond acceptors (Lipinski definition) is 5. The minimum absolute atomic E-state index is 0.117. The van der Waals surface area contributed by atoms with E-state index in [1.54, 1.807) is 24.0 Å². The molecule has 2 aromatic carbocycles. The number of likely N-dealkylation sites (tertiary alicyclic amines) is 1. The summed E-state index contributed by atoms with van der Waals surface area (Å²) < 4.78 is 15.1. The zero-order chi connectivity index (χ0) is 27.7. The number of hydrogen-bond donors (Lipinski definition) is 2. The van der Waals surface area contributed by atoms with Gasteiger partial charge in [0, 0.05) is 41.2 Å². The van der Waals surface area contributed by atoms with Crippen LogP contribution in [0.15, 0.2) is 60.9 Å². The number of aromatic nitrogens is 2. The average molecular weight is 530 g/mol. The Morgan fingerprint density at radius 1 is 0.974 bits per heavy atom. The number of rotatable bonds is 7. The Kier molecular flexibility index (Phi) is 7.16. The maximum atomic E-state index is 15.1. The summed E-state index contributed by atoms with van der Waals surface area (Å²) in [5.74, 6) is -1.08. The third kappa shape index (κ3) is 5.39. The van der Waals surface area contributed by atoms with E-state index in [0.717, 1.165) is 18.4 Å². The monoisotopic (exact) mass is 529 g/mol. The van der Waals surface area contributed by atoms with E-state index in [4.69, 9.17) is 0 Å². The lowest BCUT2D eigenvalue weighted by molar-refractivity contribution is -0.124. The molecule has 3 atom stereocenters. The fourth-order valence-corrected chi connectivity index (χ4v) is 5.17. The van der Waals surface area contributed by atoms with Gasteiger partial charge in [0.05, 0.1) is 11.6 Å². The summed E-state index contributed by atoms with van der Waals surface area (Å²) in [6.45, 7) is 5.68. The van der Waals surface area contributed by atoms with Crippen LogP contribution in [-0.2, 0) is 4.79 Å².